The maximum Gasteiger partial charge on any atom is 0.414 e. The highest BCUT2D eigenvalue weighted by Gasteiger charge is 2.31. The molecule has 2 heterocycles. The van der Waals surface area contributed by atoms with Crippen molar-refractivity contribution in [3.8, 4) is 11.5 Å². The predicted molar refractivity (Wildman–Crippen MR) is 131 cm³/mol. The number of thiazole rings is 1. The van der Waals surface area contributed by atoms with E-state index in [0.717, 1.165) is 41.1 Å². The minimum atomic E-state index is -0.669. The maximum atomic E-state index is 11.5. The zero-order chi connectivity index (χ0) is 23.8. The van der Waals surface area contributed by atoms with Gasteiger partial charge >= 0.3 is 6.09 Å². The number of unbranched alkanes of at least 4 members (excludes halogenated alkanes) is 1. The molecule has 1 aromatic heterocycles. The summed E-state index contributed by atoms with van der Waals surface area (Å²) < 4.78 is 16.4. The number of aryl methyl sites for hydroxylation is 1. The van der Waals surface area contributed by atoms with Crippen LogP contribution in [0.1, 0.15) is 41.1 Å². The van der Waals surface area contributed by atoms with Gasteiger partial charge in [-0.05, 0) is 55.0 Å². The Balaban J connectivity index is 1.26. The molecule has 1 atom stereocenters. The number of alkyl carbamates (subject to hydrolysis) is 1. The Morgan fingerprint density at radius 1 is 1.09 bits per heavy atom. The fourth-order valence-corrected chi connectivity index (χ4v) is 4.27. The SMILES string of the molecule is COc1cc(CCCCC2OC(=O)NC2=O)ccc1OCc1csc(/C=C/c2ccccc2)n1. The minimum absolute atomic E-state index is 0.354. The summed E-state index contributed by atoms with van der Waals surface area (Å²) in [5.74, 6) is 0.976. The Morgan fingerprint density at radius 2 is 1.94 bits per heavy atom. The number of ether oxygens (including phenoxy) is 3. The van der Waals surface area contributed by atoms with Gasteiger partial charge in [-0.1, -0.05) is 42.5 Å². The van der Waals surface area contributed by atoms with Gasteiger partial charge in [0.2, 0.25) is 0 Å². The molecular formula is C26H26N2O5S. The first-order valence-corrected chi connectivity index (χ1v) is 12.0. The molecule has 0 radical (unpaired) electrons. The predicted octanol–water partition coefficient (Wildman–Crippen LogP) is 5.25. The molecule has 1 unspecified atom stereocenters. The first-order valence-electron chi connectivity index (χ1n) is 11.1. The lowest BCUT2D eigenvalue weighted by Gasteiger charge is -2.12. The van der Waals surface area contributed by atoms with Crippen LogP contribution in [0, 0.1) is 0 Å². The molecule has 0 saturated carbocycles. The van der Waals surface area contributed by atoms with Crippen LogP contribution >= 0.6 is 11.3 Å². The first-order chi connectivity index (χ1) is 16.6. The average Bonchev–Trinajstić information content (AvgIpc) is 3.45. The number of amides is 2. The largest absolute Gasteiger partial charge is 0.493 e. The van der Waals surface area contributed by atoms with E-state index in [1.54, 1.807) is 18.4 Å². The van der Waals surface area contributed by atoms with Gasteiger partial charge in [0.15, 0.2) is 17.6 Å². The van der Waals surface area contributed by atoms with Gasteiger partial charge < -0.3 is 14.2 Å². The molecule has 1 fully saturated rings. The molecule has 2 aromatic carbocycles. The summed E-state index contributed by atoms with van der Waals surface area (Å²) in [4.78, 5) is 27.2. The number of carbonyl (C=O) groups is 2. The second-order valence-corrected chi connectivity index (χ2v) is 8.71. The van der Waals surface area contributed by atoms with Gasteiger partial charge in [0.25, 0.3) is 5.91 Å². The van der Waals surface area contributed by atoms with Crippen molar-refractivity contribution in [3.63, 3.8) is 0 Å². The van der Waals surface area contributed by atoms with E-state index >= 15 is 0 Å². The van der Waals surface area contributed by atoms with Crippen molar-refractivity contribution in [1.29, 1.82) is 0 Å². The van der Waals surface area contributed by atoms with Crippen LogP contribution in [0.4, 0.5) is 4.79 Å². The third kappa shape index (κ3) is 6.45. The number of nitrogens with one attached hydrogen (secondary N) is 1. The number of rotatable bonds is 11. The molecule has 0 aliphatic carbocycles. The van der Waals surface area contributed by atoms with E-state index in [0.29, 0.717) is 24.5 Å². The minimum Gasteiger partial charge on any atom is -0.493 e. The number of nitrogens with zero attached hydrogens (tertiary/aromatic N) is 1. The Bertz CT molecular complexity index is 1160. The fourth-order valence-electron chi connectivity index (χ4n) is 3.58. The van der Waals surface area contributed by atoms with Crippen molar-refractivity contribution in [1.82, 2.24) is 10.3 Å². The topological polar surface area (TPSA) is 86.8 Å². The van der Waals surface area contributed by atoms with E-state index in [-0.39, 0.29) is 5.91 Å². The van der Waals surface area contributed by atoms with E-state index < -0.39 is 12.2 Å². The summed E-state index contributed by atoms with van der Waals surface area (Å²) in [6.45, 7) is 0.355. The molecule has 0 bridgehead atoms. The number of hydrogen-bond donors (Lipinski definition) is 1. The lowest BCUT2D eigenvalue weighted by molar-refractivity contribution is -0.123. The van der Waals surface area contributed by atoms with Gasteiger partial charge in [-0.15, -0.1) is 11.3 Å². The number of methoxy groups -OCH3 is 1. The van der Waals surface area contributed by atoms with Crippen molar-refractivity contribution < 1.29 is 23.8 Å². The second kappa shape index (κ2) is 11.5. The summed E-state index contributed by atoms with van der Waals surface area (Å²) in [7, 11) is 1.62. The molecule has 0 spiro atoms. The normalized spacial score (nSPS) is 15.4. The average molecular weight is 479 g/mol. The van der Waals surface area contributed by atoms with Gasteiger partial charge in [0.05, 0.1) is 12.8 Å². The molecule has 1 N–H and O–H groups in total. The number of benzene rings is 2. The highest BCUT2D eigenvalue weighted by molar-refractivity contribution is 7.10. The highest BCUT2D eigenvalue weighted by atomic mass is 32.1. The summed E-state index contributed by atoms with van der Waals surface area (Å²) in [5.41, 5.74) is 3.10. The van der Waals surface area contributed by atoms with Crippen LogP contribution < -0.4 is 14.8 Å². The zero-order valence-electron chi connectivity index (χ0n) is 18.9. The molecule has 1 aliphatic rings. The third-order valence-corrected chi connectivity index (χ3v) is 6.20. The van der Waals surface area contributed by atoms with Crippen LogP contribution in [-0.4, -0.2) is 30.2 Å². The van der Waals surface area contributed by atoms with Crippen LogP contribution in [0.2, 0.25) is 0 Å². The summed E-state index contributed by atoms with van der Waals surface area (Å²) in [6, 6.07) is 16.0. The van der Waals surface area contributed by atoms with Gasteiger partial charge in [-0.2, -0.15) is 0 Å². The molecule has 34 heavy (non-hydrogen) atoms. The lowest BCUT2D eigenvalue weighted by Crippen LogP contribution is -2.24. The van der Waals surface area contributed by atoms with Crippen molar-refractivity contribution in [2.75, 3.05) is 7.11 Å². The number of imide groups is 1. The Morgan fingerprint density at radius 3 is 2.71 bits per heavy atom. The number of cyclic esters (lactones) is 1. The van der Waals surface area contributed by atoms with Crippen LogP contribution in [0.25, 0.3) is 12.2 Å². The standard InChI is InChI=1S/C26H26N2O5S/c1-31-23-15-19(9-5-6-10-22-25(29)28-26(30)33-22)11-13-21(23)32-16-20-17-34-24(27-20)14-12-18-7-3-2-4-8-18/h2-4,7-8,11-15,17,22H,5-6,9-10,16H2,1H3,(H,28,29,30)/b14-12+. The number of hydrogen-bond acceptors (Lipinski definition) is 7. The second-order valence-electron chi connectivity index (χ2n) is 7.82. The Hall–Kier alpha value is -3.65. The van der Waals surface area contributed by atoms with E-state index in [1.807, 2.05) is 53.9 Å². The summed E-state index contributed by atoms with van der Waals surface area (Å²) in [5, 5.41) is 5.07. The van der Waals surface area contributed by atoms with Crippen molar-refractivity contribution >= 4 is 35.5 Å². The molecule has 8 heteroatoms. The first kappa shape index (κ1) is 23.5. The van der Waals surface area contributed by atoms with E-state index in [9.17, 15) is 9.59 Å². The van der Waals surface area contributed by atoms with Gasteiger partial charge in [0, 0.05) is 5.38 Å². The molecule has 1 saturated heterocycles. The van der Waals surface area contributed by atoms with Crippen LogP contribution in [0.3, 0.4) is 0 Å². The highest BCUT2D eigenvalue weighted by Crippen LogP contribution is 2.30. The smallest absolute Gasteiger partial charge is 0.414 e. The van der Waals surface area contributed by atoms with Crippen LogP contribution in [0.5, 0.6) is 11.5 Å². The van der Waals surface area contributed by atoms with E-state index in [2.05, 4.69) is 22.4 Å². The summed E-state index contributed by atoms with van der Waals surface area (Å²) >= 11 is 1.58. The molecule has 3 aromatic rings. The third-order valence-electron chi connectivity index (χ3n) is 5.34. The quantitative estimate of drug-likeness (QED) is 0.379. The molecule has 1 aliphatic heterocycles. The lowest BCUT2D eigenvalue weighted by atomic mass is 10.0. The van der Waals surface area contributed by atoms with Crippen molar-refractivity contribution in [3.05, 3.63) is 75.7 Å². The van der Waals surface area contributed by atoms with E-state index in [1.165, 1.54) is 0 Å². The number of carbonyl (C=O) groups excluding carboxylic acids is 2. The molecule has 4 rings (SSSR count). The Kier molecular flexibility index (Phi) is 7.93. The van der Waals surface area contributed by atoms with E-state index in [4.69, 9.17) is 14.2 Å². The van der Waals surface area contributed by atoms with Crippen molar-refractivity contribution in [2.24, 2.45) is 0 Å². The van der Waals surface area contributed by atoms with Gasteiger partial charge in [0.1, 0.15) is 11.6 Å². The monoisotopic (exact) mass is 478 g/mol. The molecule has 2 amide bonds. The van der Waals surface area contributed by atoms with Gasteiger partial charge in [-0.3, -0.25) is 10.1 Å². The Labute approximate surface area is 202 Å². The van der Waals surface area contributed by atoms with Crippen LogP contribution in [0.15, 0.2) is 53.9 Å². The van der Waals surface area contributed by atoms with Gasteiger partial charge in [-0.25, -0.2) is 9.78 Å². The van der Waals surface area contributed by atoms with Crippen LogP contribution in [-0.2, 0) is 22.6 Å². The molecular weight excluding hydrogens is 452 g/mol. The number of aromatic nitrogens is 1. The van der Waals surface area contributed by atoms with Crippen molar-refractivity contribution in [2.45, 2.75) is 38.4 Å². The molecule has 176 valence electrons. The maximum absolute atomic E-state index is 11.5. The fraction of sp³-hybridized carbons (Fsp3) is 0.269. The summed E-state index contributed by atoms with van der Waals surface area (Å²) in [6.07, 6.45) is 5.70. The molecule has 7 nitrogen and oxygen atoms in total. The zero-order valence-corrected chi connectivity index (χ0v) is 19.7.